The molecule has 0 bridgehead atoms. The number of aromatic nitrogens is 4. The van der Waals surface area contributed by atoms with Crippen LogP contribution < -0.4 is 10.0 Å². The van der Waals surface area contributed by atoms with Gasteiger partial charge in [0.15, 0.2) is 5.65 Å². The molecule has 9 nitrogen and oxygen atoms in total. The average Bonchev–Trinajstić information content (AvgIpc) is 3.14. The first-order valence-corrected chi connectivity index (χ1v) is 11.4. The Bertz CT molecular complexity index is 1380. The molecule has 1 amide bonds. The predicted octanol–water partition coefficient (Wildman–Crippen LogP) is 2.74. The van der Waals surface area contributed by atoms with Crippen molar-refractivity contribution in [3.63, 3.8) is 0 Å². The first kappa shape index (κ1) is 21.6. The lowest BCUT2D eigenvalue weighted by Crippen LogP contribution is -2.28. The van der Waals surface area contributed by atoms with Gasteiger partial charge in [-0.05, 0) is 48.9 Å². The SMILES string of the molecule is CC(=O)Nc1ccc(C)cc1S(=O)(=O)NCCn1c(-c2ccncc2)nc2cccnc21. The van der Waals surface area contributed by atoms with Gasteiger partial charge in [0.1, 0.15) is 16.2 Å². The summed E-state index contributed by atoms with van der Waals surface area (Å²) in [5.41, 5.74) is 3.24. The number of amides is 1. The number of pyridine rings is 2. The van der Waals surface area contributed by atoms with Gasteiger partial charge < -0.3 is 9.88 Å². The zero-order chi connectivity index (χ0) is 22.7. The Balaban J connectivity index is 1.62. The molecule has 32 heavy (non-hydrogen) atoms. The highest BCUT2D eigenvalue weighted by atomic mass is 32.2. The second-order valence-corrected chi connectivity index (χ2v) is 8.98. The molecule has 0 aliphatic rings. The van der Waals surface area contributed by atoms with Crippen molar-refractivity contribution in [1.29, 1.82) is 0 Å². The number of aryl methyl sites for hydroxylation is 1. The number of nitrogens with zero attached hydrogens (tertiary/aromatic N) is 4. The number of imidazole rings is 1. The number of rotatable bonds is 7. The second-order valence-electron chi connectivity index (χ2n) is 7.25. The molecule has 0 atom stereocenters. The van der Waals surface area contributed by atoms with Gasteiger partial charge in [-0.1, -0.05) is 6.07 Å². The van der Waals surface area contributed by atoms with Crippen LogP contribution in [0.4, 0.5) is 5.69 Å². The monoisotopic (exact) mass is 450 g/mol. The summed E-state index contributed by atoms with van der Waals surface area (Å²) >= 11 is 0. The number of sulfonamides is 1. The van der Waals surface area contributed by atoms with Gasteiger partial charge in [0.05, 0.1) is 5.69 Å². The Labute approximate surface area is 185 Å². The Hall–Kier alpha value is -3.63. The standard InChI is InChI=1S/C22H22N6O3S/c1-15-5-6-18(26-16(2)29)20(14-15)32(30,31)25-12-13-28-21(17-7-10-23-11-8-17)27-19-4-3-9-24-22(19)28/h3-11,14,25H,12-13H2,1-2H3,(H,26,29). The van der Waals surface area contributed by atoms with Crippen LogP contribution in [0.1, 0.15) is 12.5 Å². The Kier molecular flexibility index (Phi) is 5.97. The van der Waals surface area contributed by atoms with Gasteiger partial charge in [-0.25, -0.2) is 23.1 Å². The first-order valence-electron chi connectivity index (χ1n) is 9.95. The van der Waals surface area contributed by atoms with Crippen LogP contribution in [0.15, 0.2) is 66.0 Å². The molecular formula is C22H22N6O3S. The van der Waals surface area contributed by atoms with E-state index >= 15 is 0 Å². The maximum atomic E-state index is 13.0. The van der Waals surface area contributed by atoms with Crippen LogP contribution in [0.25, 0.3) is 22.6 Å². The third-order valence-corrected chi connectivity index (χ3v) is 6.31. The minimum absolute atomic E-state index is 0.0238. The van der Waals surface area contributed by atoms with E-state index in [4.69, 9.17) is 0 Å². The van der Waals surface area contributed by atoms with Crippen LogP contribution in [0, 0.1) is 6.92 Å². The molecule has 4 aromatic rings. The van der Waals surface area contributed by atoms with Crippen LogP contribution in [0.2, 0.25) is 0 Å². The largest absolute Gasteiger partial charge is 0.325 e. The van der Waals surface area contributed by atoms with Gasteiger partial charge >= 0.3 is 0 Å². The Morgan fingerprint density at radius 2 is 1.88 bits per heavy atom. The third kappa shape index (κ3) is 4.51. The average molecular weight is 451 g/mol. The van der Waals surface area contributed by atoms with Crippen LogP contribution in [0.3, 0.4) is 0 Å². The van der Waals surface area contributed by atoms with Crippen LogP contribution in [-0.4, -0.2) is 40.4 Å². The summed E-state index contributed by atoms with van der Waals surface area (Å²) in [6, 6.07) is 12.2. The molecule has 0 saturated carbocycles. The van der Waals surface area contributed by atoms with E-state index in [0.29, 0.717) is 23.5 Å². The van der Waals surface area contributed by atoms with Crippen LogP contribution in [-0.2, 0) is 21.4 Å². The van der Waals surface area contributed by atoms with Crippen molar-refractivity contribution in [3.05, 3.63) is 66.6 Å². The fourth-order valence-electron chi connectivity index (χ4n) is 3.41. The number of carbonyl (C=O) groups excluding carboxylic acids is 1. The van der Waals surface area contributed by atoms with E-state index < -0.39 is 10.0 Å². The number of benzene rings is 1. The molecule has 0 saturated heterocycles. The van der Waals surface area contributed by atoms with Gasteiger partial charge in [-0.15, -0.1) is 0 Å². The molecule has 0 aliphatic carbocycles. The molecule has 2 N–H and O–H groups in total. The number of nitrogens with one attached hydrogen (secondary N) is 2. The molecule has 0 radical (unpaired) electrons. The van der Waals surface area contributed by atoms with Gasteiger partial charge in [0.2, 0.25) is 15.9 Å². The van der Waals surface area contributed by atoms with E-state index in [1.165, 1.54) is 13.0 Å². The lowest BCUT2D eigenvalue weighted by molar-refractivity contribution is -0.114. The highest BCUT2D eigenvalue weighted by Crippen LogP contribution is 2.24. The molecule has 1 aromatic carbocycles. The first-order chi connectivity index (χ1) is 15.3. The van der Waals surface area contributed by atoms with Crippen molar-refractivity contribution in [2.24, 2.45) is 0 Å². The number of hydrogen-bond acceptors (Lipinski definition) is 6. The van der Waals surface area contributed by atoms with Crippen molar-refractivity contribution in [1.82, 2.24) is 24.2 Å². The smallest absolute Gasteiger partial charge is 0.242 e. The number of carbonyl (C=O) groups is 1. The maximum Gasteiger partial charge on any atom is 0.242 e. The minimum Gasteiger partial charge on any atom is -0.325 e. The van der Waals surface area contributed by atoms with E-state index in [-0.39, 0.29) is 23.0 Å². The molecule has 4 rings (SSSR count). The molecule has 0 aliphatic heterocycles. The summed E-state index contributed by atoms with van der Waals surface area (Å²) in [6.07, 6.45) is 5.03. The summed E-state index contributed by atoms with van der Waals surface area (Å²) in [6.45, 7) is 3.55. The van der Waals surface area contributed by atoms with Crippen LogP contribution in [0.5, 0.6) is 0 Å². The molecule has 3 aromatic heterocycles. The topological polar surface area (TPSA) is 119 Å². The molecule has 0 spiro atoms. The van der Waals surface area contributed by atoms with Crippen molar-refractivity contribution in [2.45, 2.75) is 25.3 Å². The molecule has 10 heteroatoms. The molecule has 164 valence electrons. The highest BCUT2D eigenvalue weighted by Gasteiger charge is 2.20. The van der Waals surface area contributed by atoms with Crippen molar-refractivity contribution in [2.75, 3.05) is 11.9 Å². The van der Waals surface area contributed by atoms with Gasteiger partial charge in [0, 0.05) is 44.2 Å². The highest BCUT2D eigenvalue weighted by molar-refractivity contribution is 7.89. The lowest BCUT2D eigenvalue weighted by atomic mass is 10.2. The third-order valence-electron chi connectivity index (χ3n) is 4.81. The zero-order valence-electron chi connectivity index (χ0n) is 17.6. The number of fused-ring (bicyclic) bond motifs is 1. The maximum absolute atomic E-state index is 13.0. The predicted molar refractivity (Wildman–Crippen MR) is 121 cm³/mol. The van der Waals surface area contributed by atoms with Gasteiger partial charge in [0.25, 0.3) is 0 Å². The molecule has 0 fully saturated rings. The fourth-order valence-corrected chi connectivity index (χ4v) is 4.67. The summed E-state index contributed by atoms with van der Waals surface area (Å²) in [4.78, 5) is 24.6. The van der Waals surface area contributed by atoms with E-state index in [1.54, 1.807) is 43.7 Å². The van der Waals surface area contributed by atoms with Crippen LogP contribution >= 0.6 is 0 Å². The fraction of sp³-hybridized carbons (Fsp3) is 0.182. The van der Waals surface area contributed by atoms with E-state index in [2.05, 4.69) is 25.0 Å². The molecular weight excluding hydrogens is 428 g/mol. The van der Waals surface area contributed by atoms with Crippen molar-refractivity contribution >= 4 is 32.8 Å². The van der Waals surface area contributed by atoms with Crippen molar-refractivity contribution in [3.8, 4) is 11.4 Å². The van der Waals surface area contributed by atoms with Gasteiger partial charge in [-0.3, -0.25) is 9.78 Å². The summed E-state index contributed by atoms with van der Waals surface area (Å²) in [5.74, 6) is 0.332. The number of anilines is 1. The molecule has 0 unspecified atom stereocenters. The quantitative estimate of drug-likeness (QED) is 0.447. The summed E-state index contributed by atoms with van der Waals surface area (Å²) in [7, 11) is -3.87. The Morgan fingerprint density at radius 1 is 1.09 bits per heavy atom. The minimum atomic E-state index is -3.87. The summed E-state index contributed by atoms with van der Waals surface area (Å²) < 4.78 is 30.5. The Morgan fingerprint density at radius 3 is 2.62 bits per heavy atom. The van der Waals surface area contributed by atoms with Gasteiger partial charge in [-0.2, -0.15) is 0 Å². The van der Waals surface area contributed by atoms with E-state index in [1.807, 2.05) is 22.8 Å². The van der Waals surface area contributed by atoms with E-state index in [9.17, 15) is 13.2 Å². The molecule has 3 heterocycles. The normalized spacial score (nSPS) is 11.6. The second kappa shape index (κ2) is 8.85. The van der Waals surface area contributed by atoms with E-state index in [0.717, 1.165) is 11.1 Å². The number of hydrogen-bond donors (Lipinski definition) is 2. The zero-order valence-corrected chi connectivity index (χ0v) is 18.4. The summed E-state index contributed by atoms with van der Waals surface area (Å²) in [5, 5.41) is 2.58. The lowest BCUT2D eigenvalue weighted by Gasteiger charge is -2.14. The van der Waals surface area contributed by atoms with Crippen molar-refractivity contribution < 1.29 is 13.2 Å².